The zero-order valence-corrected chi connectivity index (χ0v) is 12.1. The molecule has 2 N–H and O–H groups in total. The Morgan fingerprint density at radius 1 is 1.20 bits per heavy atom. The van der Waals surface area contributed by atoms with Crippen LogP contribution in [0.15, 0.2) is 30.3 Å². The number of benzene rings is 1. The number of quaternary nitrogens is 1. The van der Waals surface area contributed by atoms with Crippen molar-refractivity contribution in [2.45, 2.75) is 26.2 Å². The van der Waals surface area contributed by atoms with E-state index in [4.69, 9.17) is 5.11 Å². The van der Waals surface area contributed by atoms with E-state index in [0.29, 0.717) is 6.54 Å². The van der Waals surface area contributed by atoms with E-state index >= 15 is 0 Å². The van der Waals surface area contributed by atoms with Gasteiger partial charge in [-0.05, 0) is 25.0 Å². The third kappa shape index (κ3) is 4.35. The number of aliphatic carboxylic acids is 1. The van der Waals surface area contributed by atoms with Crippen molar-refractivity contribution in [2.75, 3.05) is 20.1 Å². The molecule has 0 fully saturated rings. The molecule has 1 aromatic carbocycles. The third-order valence-electron chi connectivity index (χ3n) is 3.37. The summed E-state index contributed by atoms with van der Waals surface area (Å²) in [5.74, 6) is -1.04. The number of rotatable bonds is 7. The van der Waals surface area contributed by atoms with Crippen LogP contribution in [-0.2, 0) is 4.79 Å². The van der Waals surface area contributed by atoms with E-state index in [1.807, 2.05) is 37.4 Å². The summed E-state index contributed by atoms with van der Waals surface area (Å²) in [6.07, 6.45) is 3.04. The fraction of sp³-hybridized carbons (Fsp3) is 0.467. The van der Waals surface area contributed by atoms with Gasteiger partial charge in [0.05, 0.1) is 13.6 Å². The Labute approximate surface area is 119 Å². The summed E-state index contributed by atoms with van der Waals surface area (Å²) in [6.45, 7) is 2.41. The van der Waals surface area contributed by atoms with Crippen molar-refractivity contribution < 1.29 is 14.7 Å². The zero-order valence-electron chi connectivity index (χ0n) is 12.1. The molecule has 0 saturated heterocycles. The molecule has 1 atom stereocenters. The molecule has 0 bridgehead atoms. The topological polar surface area (TPSA) is 66.4 Å². The molecule has 0 radical (unpaired) electrons. The minimum absolute atomic E-state index is 0.0775. The van der Waals surface area contributed by atoms with Crippen molar-refractivity contribution >= 4 is 17.7 Å². The first kappa shape index (κ1) is 16.2. The van der Waals surface area contributed by atoms with Gasteiger partial charge in [0.1, 0.15) is 12.2 Å². The standard InChI is InChI=1S/C15H22N2O3/c1-3-4-8-11-17(2,13-9-6-5-7-10-13)15(20)16-12-14(18)19/h5-7,9-10H,3-4,8,11-12H2,1-2H3,(H-,16,18,19,20)/p+1. The molecule has 2 amide bonds. The maximum atomic E-state index is 12.4. The van der Waals surface area contributed by atoms with Gasteiger partial charge in [0.25, 0.3) is 0 Å². The summed E-state index contributed by atoms with van der Waals surface area (Å²) in [5.41, 5.74) is 0.867. The van der Waals surface area contributed by atoms with Crippen molar-refractivity contribution in [3.8, 4) is 0 Å². The van der Waals surface area contributed by atoms with E-state index in [-0.39, 0.29) is 17.1 Å². The second-order valence-corrected chi connectivity index (χ2v) is 5.01. The number of urea groups is 1. The Balaban J connectivity index is 2.88. The average molecular weight is 279 g/mol. The highest BCUT2D eigenvalue weighted by molar-refractivity contribution is 5.88. The van der Waals surface area contributed by atoms with Gasteiger partial charge >= 0.3 is 12.0 Å². The molecular formula is C15H23N2O3+. The van der Waals surface area contributed by atoms with Crippen LogP contribution >= 0.6 is 0 Å². The van der Waals surface area contributed by atoms with Crippen LogP contribution < -0.4 is 9.80 Å². The van der Waals surface area contributed by atoms with Crippen molar-refractivity contribution in [1.29, 1.82) is 0 Å². The number of carbonyl (C=O) groups is 2. The Hall–Kier alpha value is -1.88. The molecule has 0 spiro atoms. The van der Waals surface area contributed by atoms with Gasteiger partial charge in [-0.25, -0.2) is 9.28 Å². The molecule has 1 rings (SSSR count). The first-order chi connectivity index (χ1) is 9.50. The van der Waals surface area contributed by atoms with Gasteiger partial charge in [-0.2, -0.15) is 0 Å². The number of carbonyl (C=O) groups excluding carboxylic acids is 1. The number of nitrogens with one attached hydrogen (secondary N) is 1. The van der Waals surface area contributed by atoms with Crippen LogP contribution in [0.2, 0.25) is 0 Å². The summed E-state index contributed by atoms with van der Waals surface area (Å²) in [4.78, 5) is 23.0. The normalized spacial score (nSPS) is 13.5. The second-order valence-electron chi connectivity index (χ2n) is 5.01. The van der Waals surface area contributed by atoms with Gasteiger partial charge in [-0.3, -0.25) is 10.1 Å². The quantitative estimate of drug-likeness (QED) is 0.595. The maximum Gasteiger partial charge on any atom is 0.421 e. The first-order valence-electron chi connectivity index (χ1n) is 6.92. The van der Waals surface area contributed by atoms with Gasteiger partial charge in [0, 0.05) is 0 Å². The fourth-order valence-electron chi connectivity index (χ4n) is 2.11. The van der Waals surface area contributed by atoms with Crippen molar-refractivity contribution in [1.82, 2.24) is 9.80 Å². The molecule has 1 unspecified atom stereocenters. The molecule has 0 aliphatic rings. The van der Waals surface area contributed by atoms with E-state index in [9.17, 15) is 9.59 Å². The molecule has 0 heterocycles. The SMILES string of the molecule is CCCCC[N+](C)(C(=O)NCC(=O)O)c1ccccc1. The van der Waals surface area contributed by atoms with E-state index in [1.165, 1.54) is 0 Å². The van der Waals surface area contributed by atoms with Crippen LogP contribution in [0, 0.1) is 0 Å². The lowest BCUT2D eigenvalue weighted by molar-refractivity contribution is -0.135. The van der Waals surface area contributed by atoms with Gasteiger partial charge in [-0.15, -0.1) is 0 Å². The van der Waals surface area contributed by atoms with Crippen molar-refractivity contribution in [3.05, 3.63) is 30.3 Å². The highest BCUT2D eigenvalue weighted by atomic mass is 16.4. The fourth-order valence-corrected chi connectivity index (χ4v) is 2.11. The van der Waals surface area contributed by atoms with Crippen LogP contribution in [0.1, 0.15) is 26.2 Å². The molecule has 0 aromatic heterocycles. The van der Waals surface area contributed by atoms with Crippen LogP contribution in [0.5, 0.6) is 0 Å². The maximum absolute atomic E-state index is 12.4. The first-order valence-corrected chi connectivity index (χ1v) is 6.92. The lowest BCUT2D eigenvalue weighted by atomic mass is 10.2. The minimum Gasteiger partial charge on any atom is -0.480 e. The molecule has 5 heteroatoms. The number of carboxylic acids is 1. The molecule has 0 aliphatic heterocycles. The van der Waals surface area contributed by atoms with E-state index in [1.54, 1.807) is 0 Å². The zero-order chi connectivity index (χ0) is 15.0. The van der Waals surface area contributed by atoms with E-state index in [0.717, 1.165) is 24.9 Å². The molecule has 0 aliphatic carbocycles. The average Bonchev–Trinajstić information content (AvgIpc) is 2.45. The molecule has 0 saturated carbocycles. The van der Waals surface area contributed by atoms with Crippen LogP contribution in [0.3, 0.4) is 0 Å². The van der Waals surface area contributed by atoms with E-state index < -0.39 is 5.97 Å². The lowest BCUT2D eigenvalue weighted by Crippen LogP contribution is -2.57. The molecule has 20 heavy (non-hydrogen) atoms. The van der Waals surface area contributed by atoms with Crippen molar-refractivity contribution in [2.24, 2.45) is 0 Å². The Bertz CT molecular complexity index is 448. The number of amides is 2. The summed E-state index contributed by atoms with van der Waals surface area (Å²) in [5, 5.41) is 11.2. The smallest absolute Gasteiger partial charge is 0.421 e. The second kappa shape index (κ2) is 7.65. The number of unbranched alkanes of at least 4 members (excludes halogenated alkanes) is 2. The van der Waals surface area contributed by atoms with Crippen LogP contribution in [0.4, 0.5) is 10.5 Å². The number of hydrogen-bond donors (Lipinski definition) is 2. The predicted molar refractivity (Wildman–Crippen MR) is 79.6 cm³/mol. The summed E-state index contributed by atoms with van der Waals surface area (Å²) < 4.78 is 0.0775. The van der Waals surface area contributed by atoms with Crippen LogP contribution in [0.25, 0.3) is 0 Å². The summed E-state index contributed by atoms with van der Waals surface area (Å²) in [6, 6.07) is 9.18. The largest absolute Gasteiger partial charge is 0.480 e. The molecule has 5 nitrogen and oxygen atoms in total. The summed E-state index contributed by atoms with van der Waals surface area (Å²) in [7, 11) is 1.82. The third-order valence-corrected chi connectivity index (χ3v) is 3.37. The number of para-hydroxylation sites is 1. The lowest BCUT2D eigenvalue weighted by Gasteiger charge is -2.30. The monoisotopic (exact) mass is 279 g/mol. The molecule has 1 aromatic rings. The van der Waals surface area contributed by atoms with E-state index in [2.05, 4.69) is 12.2 Å². The Morgan fingerprint density at radius 3 is 2.40 bits per heavy atom. The van der Waals surface area contributed by atoms with Gasteiger partial charge in [-0.1, -0.05) is 31.5 Å². The Morgan fingerprint density at radius 2 is 1.85 bits per heavy atom. The summed E-state index contributed by atoms with van der Waals surface area (Å²) >= 11 is 0. The molecule has 110 valence electrons. The van der Waals surface area contributed by atoms with Gasteiger partial charge in [0.15, 0.2) is 0 Å². The number of hydrogen-bond acceptors (Lipinski definition) is 2. The van der Waals surface area contributed by atoms with Crippen LogP contribution in [-0.4, -0.2) is 37.2 Å². The van der Waals surface area contributed by atoms with Gasteiger partial charge < -0.3 is 5.11 Å². The predicted octanol–water partition coefficient (Wildman–Crippen LogP) is 2.61. The Kier molecular flexibility index (Phi) is 6.18. The number of carboxylic acid groups (broad SMARTS) is 1. The van der Waals surface area contributed by atoms with Gasteiger partial charge in [0.2, 0.25) is 0 Å². The molecular weight excluding hydrogens is 256 g/mol. The minimum atomic E-state index is -1.04. The number of nitrogens with zero attached hydrogens (tertiary/aromatic N) is 1. The van der Waals surface area contributed by atoms with Crippen molar-refractivity contribution in [3.63, 3.8) is 0 Å². The highest BCUT2D eigenvalue weighted by Gasteiger charge is 2.34. The highest BCUT2D eigenvalue weighted by Crippen LogP contribution is 2.22.